The molecule has 0 amide bonds. The van der Waals surface area contributed by atoms with E-state index in [-0.39, 0.29) is 0 Å². The molecule has 14 heavy (non-hydrogen) atoms. The summed E-state index contributed by atoms with van der Waals surface area (Å²) in [5.74, 6) is 0. The molecule has 0 radical (unpaired) electrons. The van der Waals surface area contributed by atoms with Gasteiger partial charge in [0.2, 0.25) is 0 Å². The summed E-state index contributed by atoms with van der Waals surface area (Å²) in [6.45, 7) is 7.76. The van der Waals surface area contributed by atoms with Crippen LogP contribution in [0.15, 0.2) is 0 Å². The summed E-state index contributed by atoms with van der Waals surface area (Å²) in [5, 5.41) is 1.35. The molecule has 0 aromatic carbocycles. The molecule has 0 aliphatic carbocycles. The predicted molar refractivity (Wildman–Crippen MR) is 67.6 cm³/mol. The van der Waals surface area contributed by atoms with Crippen LogP contribution in [0.2, 0.25) is 24.7 Å². The molecule has 0 fully saturated rings. The van der Waals surface area contributed by atoms with Crippen molar-refractivity contribution in [3.05, 3.63) is 0 Å². The quantitative estimate of drug-likeness (QED) is 0.414. The Bertz CT molecular complexity index is 123. The number of rotatable bonds is 9. The van der Waals surface area contributed by atoms with Crippen molar-refractivity contribution in [2.45, 2.75) is 63.3 Å². The zero-order valence-electron chi connectivity index (χ0n) is 10.6. The molecule has 0 rings (SSSR count). The molecular formula is C11H25LiOSi. The van der Waals surface area contributed by atoms with Crippen LogP contribution in [-0.4, -0.2) is 32.6 Å². The first-order valence-electron chi connectivity index (χ1n) is 6.20. The Kier molecular flexibility index (Phi) is 9.53. The molecule has 3 heteroatoms. The van der Waals surface area contributed by atoms with Gasteiger partial charge >= 0.3 is 100 Å². The molecule has 0 saturated heterocycles. The fourth-order valence-corrected chi connectivity index (χ4v) is 2.19. The normalized spacial score (nSPS) is 12.1. The number of hydrogen-bond donors (Lipinski definition) is 0. The van der Waals surface area contributed by atoms with Crippen LogP contribution in [0, 0.1) is 0 Å². The third kappa shape index (κ3) is 12.8. The summed E-state index contributed by atoms with van der Waals surface area (Å²) in [4.78, 5) is 0. The maximum atomic E-state index is 5.80. The molecular weight excluding hydrogens is 183 g/mol. The van der Waals surface area contributed by atoms with E-state index in [9.17, 15) is 0 Å². The summed E-state index contributed by atoms with van der Waals surface area (Å²) >= 11 is 2.27. The molecule has 0 heterocycles. The predicted octanol–water partition coefficient (Wildman–Crippen LogP) is 3.77. The molecule has 0 atom stereocenters. The number of unbranched alkanes of at least 4 members (excludes halogenated alkanes) is 5. The van der Waals surface area contributed by atoms with Crippen molar-refractivity contribution in [2.24, 2.45) is 0 Å². The van der Waals surface area contributed by atoms with Gasteiger partial charge in [0.1, 0.15) is 0 Å². The zero-order valence-corrected chi connectivity index (χ0v) is 11.6. The van der Waals surface area contributed by atoms with Crippen molar-refractivity contribution >= 4 is 26.0 Å². The molecule has 80 valence electrons. The van der Waals surface area contributed by atoms with E-state index in [1.807, 2.05) is 0 Å². The third-order valence-electron chi connectivity index (χ3n) is 2.28. The van der Waals surface area contributed by atoms with E-state index in [1.165, 1.54) is 43.6 Å². The summed E-state index contributed by atoms with van der Waals surface area (Å²) < 4.78 is 5.80. The van der Waals surface area contributed by atoms with Crippen LogP contribution in [0.1, 0.15) is 38.5 Å². The number of hydrogen-bond acceptors (Lipinski definition) is 1. The van der Waals surface area contributed by atoms with Gasteiger partial charge in [0, 0.05) is 0 Å². The molecule has 0 unspecified atom stereocenters. The molecule has 0 aromatic heterocycles. The average molecular weight is 208 g/mol. The van der Waals surface area contributed by atoms with Crippen LogP contribution in [0.4, 0.5) is 0 Å². The van der Waals surface area contributed by atoms with Crippen LogP contribution in [0.5, 0.6) is 0 Å². The molecule has 0 spiro atoms. The van der Waals surface area contributed by atoms with E-state index in [0.29, 0.717) is 0 Å². The monoisotopic (exact) mass is 208 g/mol. The van der Waals surface area contributed by atoms with Crippen LogP contribution in [-0.2, 0) is 4.43 Å². The topological polar surface area (TPSA) is 9.23 Å². The van der Waals surface area contributed by atoms with E-state index in [1.54, 1.807) is 0 Å². The zero-order chi connectivity index (χ0) is 10.9. The molecule has 1 nitrogen and oxygen atoms in total. The van der Waals surface area contributed by atoms with E-state index >= 15 is 0 Å². The van der Waals surface area contributed by atoms with Gasteiger partial charge in [-0.15, -0.1) is 0 Å². The van der Waals surface area contributed by atoms with Gasteiger partial charge < -0.3 is 0 Å². The Morgan fingerprint density at radius 2 is 1.36 bits per heavy atom. The molecule has 0 aliphatic heterocycles. The van der Waals surface area contributed by atoms with Gasteiger partial charge in [-0.05, 0) is 0 Å². The molecule has 0 bridgehead atoms. The van der Waals surface area contributed by atoms with Crippen molar-refractivity contribution in [1.82, 2.24) is 0 Å². The van der Waals surface area contributed by atoms with Crippen molar-refractivity contribution in [2.75, 3.05) is 6.61 Å². The fourth-order valence-electron chi connectivity index (χ4n) is 1.44. The van der Waals surface area contributed by atoms with Crippen LogP contribution in [0.25, 0.3) is 0 Å². The molecule has 0 saturated carbocycles. The van der Waals surface area contributed by atoms with Gasteiger partial charge in [-0.1, -0.05) is 0 Å². The molecule has 0 aromatic rings. The van der Waals surface area contributed by atoms with Crippen molar-refractivity contribution in [3.63, 3.8) is 0 Å². The van der Waals surface area contributed by atoms with Gasteiger partial charge in [0.05, 0.1) is 0 Å². The Balaban J connectivity index is 2.99. The van der Waals surface area contributed by atoms with Gasteiger partial charge in [0.15, 0.2) is 0 Å². The minimum atomic E-state index is -1.24. The van der Waals surface area contributed by atoms with Crippen LogP contribution >= 0.6 is 0 Å². The summed E-state index contributed by atoms with van der Waals surface area (Å²) in [7, 11) is -1.24. The van der Waals surface area contributed by atoms with E-state index in [2.05, 4.69) is 37.4 Å². The average Bonchev–Trinajstić information content (AvgIpc) is 2.08. The first-order valence-corrected chi connectivity index (χ1v) is 9.61. The van der Waals surface area contributed by atoms with E-state index < -0.39 is 8.32 Å². The summed E-state index contributed by atoms with van der Waals surface area (Å²) in [6, 6.07) is 0. The Labute approximate surface area is 100 Å². The Hall–Kier alpha value is 0.774. The van der Waals surface area contributed by atoms with Crippen LogP contribution < -0.4 is 0 Å². The summed E-state index contributed by atoms with van der Waals surface area (Å²) in [5.41, 5.74) is 0. The van der Waals surface area contributed by atoms with Crippen molar-refractivity contribution < 1.29 is 4.43 Å². The second kappa shape index (κ2) is 9.03. The van der Waals surface area contributed by atoms with E-state index in [0.717, 1.165) is 6.61 Å². The maximum absolute atomic E-state index is 5.80. The first kappa shape index (κ1) is 14.8. The van der Waals surface area contributed by atoms with E-state index in [4.69, 9.17) is 4.43 Å². The second-order valence-corrected chi connectivity index (χ2v) is 9.60. The van der Waals surface area contributed by atoms with Gasteiger partial charge in [-0.25, -0.2) is 0 Å². The summed E-state index contributed by atoms with van der Waals surface area (Å²) in [6.07, 6.45) is 8.26. The fraction of sp³-hybridized carbons (Fsp3) is 1.00. The molecule has 0 aliphatic rings. The van der Waals surface area contributed by atoms with Crippen molar-refractivity contribution in [1.29, 1.82) is 0 Å². The Morgan fingerprint density at radius 1 is 0.857 bits per heavy atom. The van der Waals surface area contributed by atoms with Gasteiger partial charge in [-0.2, -0.15) is 0 Å². The van der Waals surface area contributed by atoms with Crippen molar-refractivity contribution in [3.8, 4) is 0 Å². The minimum absolute atomic E-state index is 0.990. The van der Waals surface area contributed by atoms with Crippen LogP contribution in [0.3, 0.4) is 0 Å². The standard InChI is InChI=1S/C11H25OSi.Li/c1-5-6-7-8-9-10-11-12-13(2,3)4;/h1,5-11H2,2-4H3;. The van der Waals surface area contributed by atoms with Gasteiger partial charge in [-0.3, -0.25) is 0 Å². The molecule has 0 N–H and O–H groups in total. The SMILES string of the molecule is [Li][CH2]CCCCCCCO[Si](C)(C)C. The third-order valence-corrected chi connectivity index (χ3v) is 3.35. The second-order valence-electron chi connectivity index (χ2n) is 5.08. The van der Waals surface area contributed by atoms with Gasteiger partial charge in [0.25, 0.3) is 0 Å². The Morgan fingerprint density at radius 3 is 1.86 bits per heavy atom. The first-order chi connectivity index (χ1) is 6.56.